The van der Waals surface area contributed by atoms with Crippen molar-refractivity contribution in [3.05, 3.63) is 70.0 Å². The van der Waals surface area contributed by atoms with Crippen LogP contribution in [-0.2, 0) is 12.4 Å². The van der Waals surface area contributed by atoms with Crippen molar-refractivity contribution in [2.75, 3.05) is 0 Å². The van der Waals surface area contributed by atoms with Gasteiger partial charge in [0.15, 0.2) is 11.0 Å². The van der Waals surface area contributed by atoms with E-state index < -0.39 is 0 Å². The molecule has 0 radical (unpaired) electrons. The van der Waals surface area contributed by atoms with Gasteiger partial charge in [0.2, 0.25) is 0 Å². The molecule has 1 aromatic heterocycles. The van der Waals surface area contributed by atoms with Gasteiger partial charge in [-0.15, -0.1) is 10.2 Å². The molecule has 7 heteroatoms. The smallest absolute Gasteiger partial charge is 0.191 e. The molecule has 0 N–H and O–H groups in total. The summed E-state index contributed by atoms with van der Waals surface area (Å²) in [5, 5.41) is 11.0. The van der Waals surface area contributed by atoms with Gasteiger partial charge in [-0.3, -0.25) is 4.57 Å². The van der Waals surface area contributed by atoms with Gasteiger partial charge in [-0.05, 0) is 36.6 Å². The van der Waals surface area contributed by atoms with Crippen LogP contribution in [0.25, 0.3) is 0 Å². The number of thioether (sulfide) groups is 1. The van der Waals surface area contributed by atoms with Gasteiger partial charge >= 0.3 is 0 Å². The van der Waals surface area contributed by atoms with Crippen LogP contribution in [-0.4, -0.2) is 14.8 Å². The Morgan fingerprint density at radius 3 is 2.46 bits per heavy atom. The molecular weight excluding hydrogens is 389 g/mol. The number of para-hydroxylation sites is 1. The van der Waals surface area contributed by atoms with Gasteiger partial charge in [-0.25, -0.2) is 0 Å². The van der Waals surface area contributed by atoms with Crippen LogP contribution in [0.5, 0.6) is 5.75 Å². The van der Waals surface area contributed by atoms with E-state index in [4.69, 9.17) is 27.9 Å². The van der Waals surface area contributed by atoms with Crippen LogP contribution in [0.2, 0.25) is 10.0 Å². The number of hydrogen-bond donors (Lipinski definition) is 0. The molecule has 1 aliphatic rings. The van der Waals surface area contributed by atoms with Crippen molar-refractivity contribution < 1.29 is 4.74 Å². The summed E-state index contributed by atoms with van der Waals surface area (Å²) in [6.45, 7) is 0.347. The third-order valence-corrected chi connectivity index (χ3v) is 5.83. The molecule has 0 unspecified atom stereocenters. The first-order valence-electron chi connectivity index (χ1n) is 8.39. The standard InChI is InChI=1S/C19H17Cl2N3OS/c20-15-6-2-1-5-13(15)12-26-19-23-22-18(24(19)14-9-10-14)11-25-17-8-4-3-7-16(17)21/h1-8,14H,9-12H2. The summed E-state index contributed by atoms with van der Waals surface area (Å²) in [5.41, 5.74) is 1.10. The number of benzene rings is 2. The molecule has 1 fully saturated rings. The topological polar surface area (TPSA) is 39.9 Å². The molecule has 0 atom stereocenters. The van der Waals surface area contributed by atoms with E-state index in [2.05, 4.69) is 14.8 Å². The first-order valence-corrected chi connectivity index (χ1v) is 10.1. The molecule has 4 rings (SSSR count). The number of rotatable bonds is 7. The van der Waals surface area contributed by atoms with Gasteiger partial charge in [0, 0.05) is 16.8 Å². The average molecular weight is 406 g/mol. The Morgan fingerprint density at radius 2 is 1.73 bits per heavy atom. The summed E-state index contributed by atoms with van der Waals surface area (Å²) in [5.74, 6) is 2.24. The minimum absolute atomic E-state index is 0.347. The van der Waals surface area contributed by atoms with Gasteiger partial charge in [0.1, 0.15) is 12.4 Å². The molecule has 0 saturated heterocycles. The monoisotopic (exact) mass is 405 g/mol. The highest BCUT2D eigenvalue weighted by Gasteiger charge is 2.30. The van der Waals surface area contributed by atoms with E-state index in [1.807, 2.05) is 48.5 Å². The number of aromatic nitrogens is 3. The Labute approximate surface area is 166 Å². The maximum atomic E-state index is 6.25. The fraction of sp³-hybridized carbons (Fsp3) is 0.263. The van der Waals surface area contributed by atoms with Crippen LogP contribution in [0.15, 0.2) is 53.7 Å². The van der Waals surface area contributed by atoms with Crippen LogP contribution < -0.4 is 4.74 Å². The fourth-order valence-corrected chi connectivity index (χ4v) is 4.17. The molecule has 1 aliphatic carbocycles. The van der Waals surface area contributed by atoms with Crippen LogP contribution in [0.3, 0.4) is 0 Å². The second-order valence-corrected chi connectivity index (χ2v) is 7.86. The maximum Gasteiger partial charge on any atom is 0.191 e. The first kappa shape index (κ1) is 17.7. The summed E-state index contributed by atoms with van der Waals surface area (Å²) >= 11 is 14.1. The largest absolute Gasteiger partial charge is 0.484 e. The van der Waals surface area contributed by atoms with E-state index in [0.717, 1.165) is 40.2 Å². The summed E-state index contributed by atoms with van der Waals surface area (Å²) < 4.78 is 8.04. The predicted molar refractivity (Wildman–Crippen MR) is 105 cm³/mol. The molecule has 26 heavy (non-hydrogen) atoms. The van der Waals surface area contributed by atoms with E-state index in [1.54, 1.807) is 11.8 Å². The van der Waals surface area contributed by atoms with Crippen molar-refractivity contribution in [3.63, 3.8) is 0 Å². The Hall–Kier alpha value is -1.69. The SMILES string of the molecule is Clc1ccccc1CSc1nnc(COc2ccccc2Cl)n1C1CC1. The molecule has 3 aromatic rings. The van der Waals surface area contributed by atoms with Crippen molar-refractivity contribution in [1.82, 2.24) is 14.8 Å². The third kappa shape index (κ3) is 4.00. The summed E-state index contributed by atoms with van der Waals surface area (Å²) in [6, 6.07) is 15.8. The number of ether oxygens (including phenoxy) is 1. The van der Waals surface area contributed by atoms with Crippen molar-refractivity contribution >= 4 is 35.0 Å². The predicted octanol–water partition coefficient (Wildman–Crippen LogP) is 5.79. The van der Waals surface area contributed by atoms with Crippen molar-refractivity contribution in [2.45, 2.75) is 36.4 Å². The Kier molecular flexibility index (Phi) is 5.38. The lowest BCUT2D eigenvalue weighted by Crippen LogP contribution is -2.07. The molecule has 0 spiro atoms. The lowest BCUT2D eigenvalue weighted by Gasteiger charge is -2.11. The Balaban J connectivity index is 1.48. The average Bonchev–Trinajstić information content (AvgIpc) is 3.41. The van der Waals surface area contributed by atoms with E-state index in [9.17, 15) is 0 Å². The third-order valence-electron chi connectivity index (χ3n) is 4.16. The molecule has 2 aromatic carbocycles. The molecule has 134 valence electrons. The molecule has 1 heterocycles. The quantitative estimate of drug-likeness (QED) is 0.466. The summed E-state index contributed by atoms with van der Waals surface area (Å²) in [6.07, 6.45) is 2.30. The normalized spacial score (nSPS) is 13.8. The lowest BCUT2D eigenvalue weighted by molar-refractivity contribution is 0.288. The fourth-order valence-electron chi connectivity index (χ4n) is 2.67. The number of halogens is 2. The Bertz CT molecular complexity index is 844. The van der Waals surface area contributed by atoms with Crippen LogP contribution in [0, 0.1) is 0 Å². The van der Waals surface area contributed by atoms with E-state index in [1.165, 1.54) is 0 Å². The molecule has 0 amide bonds. The minimum Gasteiger partial charge on any atom is -0.484 e. The van der Waals surface area contributed by atoms with Crippen LogP contribution in [0.1, 0.15) is 30.3 Å². The zero-order chi connectivity index (χ0) is 17.9. The lowest BCUT2D eigenvalue weighted by atomic mass is 10.2. The molecule has 0 bridgehead atoms. The first-order chi connectivity index (χ1) is 12.7. The molecule has 4 nitrogen and oxygen atoms in total. The van der Waals surface area contributed by atoms with Gasteiger partial charge in [-0.1, -0.05) is 65.3 Å². The number of nitrogens with zero attached hydrogens (tertiary/aromatic N) is 3. The zero-order valence-corrected chi connectivity index (χ0v) is 16.3. The highest BCUT2D eigenvalue weighted by molar-refractivity contribution is 7.98. The molecular formula is C19H17Cl2N3OS. The molecule has 1 saturated carbocycles. The maximum absolute atomic E-state index is 6.25. The molecule has 0 aliphatic heterocycles. The van der Waals surface area contributed by atoms with E-state index in [0.29, 0.717) is 23.4 Å². The minimum atomic E-state index is 0.347. The van der Waals surface area contributed by atoms with Gasteiger partial charge in [0.05, 0.1) is 5.02 Å². The van der Waals surface area contributed by atoms with Crippen molar-refractivity contribution in [3.8, 4) is 5.75 Å². The second-order valence-electron chi connectivity index (χ2n) is 6.10. The second kappa shape index (κ2) is 7.91. The zero-order valence-electron chi connectivity index (χ0n) is 13.9. The highest BCUT2D eigenvalue weighted by Crippen LogP contribution is 2.40. The Morgan fingerprint density at radius 1 is 1.00 bits per heavy atom. The highest BCUT2D eigenvalue weighted by atomic mass is 35.5. The summed E-state index contributed by atoms with van der Waals surface area (Å²) in [7, 11) is 0. The van der Waals surface area contributed by atoms with Crippen molar-refractivity contribution in [2.24, 2.45) is 0 Å². The summed E-state index contributed by atoms with van der Waals surface area (Å²) in [4.78, 5) is 0. The van der Waals surface area contributed by atoms with E-state index in [-0.39, 0.29) is 0 Å². The van der Waals surface area contributed by atoms with Gasteiger partial charge < -0.3 is 4.74 Å². The van der Waals surface area contributed by atoms with E-state index >= 15 is 0 Å². The number of hydrogen-bond acceptors (Lipinski definition) is 4. The van der Waals surface area contributed by atoms with Crippen molar-refractivity contribution in [1.29, 1.82) is 0 Å². The van der Waals surface area contributed by atoms with Crippen LogP contribution >= 0.6 is 35.0 Å². The van der Waals surface area contributed by atoms with Gasteiger partial charge in [-0.2, -0.15) is 0 Å². The van der Waals surface area contributed by atoms with Gasteiger partial charge in [0.25, 0.3) is 0 Å². The van der Waals surface area contributed by atoms with Crippen LogP contribution in [0.4, 0.5) is 0 Å².